The average Bonchev–Trinajstić information content (AvgIpc) is 3.23. The van der Waals surface area contributed by atoms with Crippen molar-refractivity contribution < 1.29 is 9.53 Å². The summed E-state index contributed by atoms with van der Waals surface area (Å²) in [6.07, 6.45) is 4.58. The van der Waals surface area contributed by atoms with Crippen LogP contribution in [0.1, 0.15) is 22.5 Å². The molecule has 0 aliphatic carbocycles. The number of aryl methyl sites for hydroxylation is 1. The SMILES string of the molecule is Cc1ccc(OC2CCN(C(=O)c3cc4ccccn4c3)C2)nn1. The van der Waals surface area contributed by atoms with Crippen LogP contribution in [-0.2, 0) is 0 Å². The van der Waals surface area contributed by atoms with Gasteiger partial charge in [-0.3, -0.25) is 4.79 Å². The van der Waals surface area contributed by atoms with Crippen molar-refractivity contribution in [1.82, 2.24) is 19.5 Å². The summed E-state index contributed by atoms with van der Waals surface area (Å²) >= 11 is 0. The van der Waals surface area contributed by atoms with Crippen molar-refractivity contribution in [2.45, 2.75) is 19.4 Å². The van der Waals surface area contributed by atoms with E-state index in [0.717, 1.165) is 17.6 Å². The number of rotatable bonds is 3. The van der Waals surface area contributed by atoms with Crippen LogP contribution in [0.2, 0.25) is 0 Å². The Labute approximate surface area is 139 Å². The Kier molecular flexibility index (Phi) is 3.65. The maximum absolute atomic E-state index is 12.7. The Bertz CT molecular complexity index is 839. The molecule has 1 saturated heterocycles. The van der Waals surface area contributed by atoms with E-state index < -0.39 is 0 Å². The molecular formula is C18H18N4O2. The molecule has 4 heterocycles. The summed E-state index contributed by atoms with van der Waals surface area (Å²) in [6.45, 7) is 3.14. The fourth-order valence-corrected chi connectivity index (χ4v) is 2.98. The zero-order valence-electron chi connectivity index (χ0n) is 13.4. The first-order valence-corrected chi connectivity index (χ1v) is 8.02. The van der Waals surface area contributed by atoms with Gasteiger partial charge in [-0.15, -0.1) is 5.10 Å². The highest BCUT2D eigenvalue weighted by atomic mass is 16.5. The lowest BCUT2D eigenvalue weighted by atomic mass is 10.3. The first-order valence-electron chi connectivity index (χ1n) is 8.02. The lowest BCUT2D eigenvalue weighted by Gasteiger charge is -2.16. The lowest BCUT2D eigenvalue weighted by molar-refractivity contribution is 0.0771. The highest BCUT2D eigenvalue weighted by Crippen LogP contribution is 2.19. The molecule has 0 spiro atoms. The second kappa shape index (κ2) is 5.96. The number of carbonyl (C=O) groups excluding carboxylic acids is 1. The molecule has 0 N–H and O–H groups in total. The summed E-state index contributed by atoms with van der Waals surface area (Å²) in [7, 11) is 0. The van der Waals surface area contributed by atoms with Gasteiger partial charge in [0.2, 0.25) is 5.88 Å². The van der Waals surface area contributed by atoms with Gasteiger partial charge in [0.1, 0.15) is 6.10 Å². The van der Waals surface area contributed by atoms with Crippen molar-refractivity contribution >= 4 is 11.4 Å². The number of fused-ring (bicyclic) bond motifs is 1. The van der Waals surface area contributed by atoms with E-state index in [-0.39, 0.29) is 12.0 Å². The number of nitrogens with zero attached hydrogens (tertiary/aromatic N) is 4. The molecular weight excluding hydrogens is 304 g/mol. The third kappa shape index (κ3) is 2.82. The molecule has 6 heteroatoms. The third-order valence-corrected chi connectivity index (χ3v) is 4.24. The van der Waals surface area contributed by atoms with Crippen LogP contribution < -0.4 is 4.74 Å². The minimum atomic E-state index is -0.0389. The number of hydrogen-bond donors (Lipinski definition) is 0. The number of hydrogen-bond acceptors (Lipinski definition) is 4. The molecule has 1 aliphatic heterocycles. The van der Waals surface area contributed by atoms with Crippen molar-refractivity contribution in [2.75, 3.05) is 13.1 Å². The van der Waals surface area contributed by atoms with E-state index in [1.165, 1.54) is 0 Å². The highest BCUT2D eigenvalue weighted by Gasteiger charge is 2.29. The van der Waals surface area contributed by atoms with Gasteiger partial charge in [-0.2, -0.15) is 5.10 Å². The second-order valence-corrected chi connectivity index (χ2v) is 6.05. The quantitative estimate of drug-likeness (QED) is 0.742. The van der Waals surface area contributed by atoms with Crippen LogP contribution >= 0.6 is 0 Å². The van der Waals surface area contributed by atoms with Gasteiger partial charge in [0.15, 0.2) is 0 Å². The molecule has 24 heavy (non-hydrogen) atoms. The summed E-state index contributed by atoms with van der Waals surface area (Å²) in [5.41, 5.74) is 2.58. The van der Waals surface area contributed by atoms with Crippen molar-refractivity contribution in [1.29, 1.82) is 0 Å². The monoisotopic (exact) mass is 322 g/mol. The highest BCUT2D eigenvalue weighted by molar-refractivity contribution is 5.95. The van der Waals surface area contributed by atoms with Crippen LogP contribution in [0.4, 0.5) is 0 Å². The van der Waals surface area contributed by atoms with E-state index in [9.17, 15) is 4.79 Å². The van der Waals surface area contributed by atoms with Crippen LogP contribution in [-0.4, -0.2) is 44.6 Å². The van der Waals surface area contributed by atoms with E-state index in [2.05, 4.69) is 10.2 Å². The van der Waals surface area contributed by atoms with Crippen LogP contribution in [0.15, 0.2) is 48.8 Å². The molecule has 122 valence electrons. The lowest BCUT2D eigenvalue weighted by Crippen LogP contribution is -2.30. The van der Waals surface area contributed by atoms with Crippen molar-refractivity contribution in [3.63, 3.8) is 0 Å². The van der Waals surface area contributed by atoms with Gasteiger partial charge in [-0.1, -0.05) is 6.07 Å². The molecule has 0 saturated carbocycles. The maximum atomic E-state index is 12.7. The Balaban J connectivity index is 1.44. The Morgan fingerprint density at radius 2 is 2.17 bits per heavy atom. The van der Waals surface area contributed by atoms with Gasteiger partial charge in [0, 0.05) is 36.9 Å². The topological polar surface area (TPSA) is 59.7 Å². The molecule has 6 nitrogen and oxygen atoms in total. The van der Waals surface area contributed by atoms with E-state index >= 15 is 0 Å². The second-order valence-electron chi connectivity index (χ2n) is 6.05. The standard InChI is InChI=1S/C18H18N4O2/c1-13-5-6-17(20-19-13)24-16-7-9-22(12-16)18(23)14-10-15-4-2-3-8-21(15)11-14/h2-6,8,10-11,16H,7,9,12H2,1H3. The van der Waals surface area contributed by atoms with Crippen molar-refractivity contribution in [2.24, 2.45) is 0 Å². The first-order chi connectivity index (χ1) is 11.7. The largest absolute Gasteiger partial charge is 0.471 e. The number of aromatic nitrogens is 3. The average molecular weight is 322 g/mol. The van der Waals surface area contributed by atoms with Crippen LogP contribution in [0.5, 0.6) is 5.88 Å². The summed E-state index contributed by atoms with van der Waals surface area (Å²) in [5, 5.41) is 8.01. The molecule has 3 aromatic rings. The van der Waals surface area contributed by atoms with Gasteiger partial charge >= 0.3 is 0 Å². The zero-order chi connectivity index (χ0) is 16.5. The fourth-order valence-electron chi connectivity index (χ4n) is 2.98. The number of ether oxygens (including phenoxy) is 1. The number of likely N-dealkylation sites (tertiary alicyclic amines) is 1. The molecule has 3 aromatic heterocycles. The smallest absolute Gasteiger partial charge is 0.255 e. The van der Waals surface area contributed by atoms with Crippen LogP contribution in [0.25, 0.3) is 5.52 Å². The normalized spacial score (nSPS) is 17.4. The van der Waals surface area contributed by atoms with Crippen LogP contribution in [0.3, 0.4) is 0 Å². The Morgan fingerprint density at radius 3 is 2.96 bits per heavy atom. The van der Waals surface area contributed by atoms with Crippen LogP contribution in [0, 0.1) is 6.92 Å². The van der Waals surface area contributed by atoms with Gasteiger partial charge in [0.25, 0.3) is 5.91 Å². The molecule has 1 atom stereocenters. The van der Waals surface area contributed by atoms with Crippen molar-refractivity contribution in [3.8, 4) is 5.88 Å². The number of pyridine rings is 1. The Hall–Kier alpha value is -2.89. The number of amides is 1. The molecule has 0 radical (unpaired) electrons. The molecule has 1 fully saturated rings. The fraction of sp³-hybridized carbons (Fsp3) is 0.278. The molecule has 0 bridgehead atoms. The van der Waals surface area contributed by atoms with Gasteiger partial charge < -0.3 is 14.0 Å². The summed E-state index contributed by atoms with van der Waals surface area (Å²) < 4.78 is 7.79. The third-order valence-electron chi connectivity index (χ3n) is 4.24. The molecule has 1 amide bonds. The summed E-state index contributed by atoms with van der Waals surface area (Å²) in [4.78, 5) is 14.5. The predicted octanol–water partition coefficient (Wildman–Crippen LogP) is 2.33. The minimum Gasteiger partial charge on any atom is -0.471 e. The maximum Gasteiger partial charge on any atom is 0.255 e. The molecule has 0 aromatic carbocycles. The van der Waals surface area contributed by atoms with E-state index in [4.69, 9.17) is 4.74 Å². The predicted molar refractivity (Wildman–Crippen MR) is 89.1 cm³/mol. The van der Waals surface area contributed by atoms with Gasteiger partial charge in [0.05, 0.1) is 17.8 Å². The Morgan fingerprint density at radius 1 is 1.25 bits per heavy atom. The van der Waals surface area contributed by atoms with E-state index in [1.807, 2.05) is 65.0 Å². The van der Waals surface area contributed by atoms with E-state index in [1.54, 1.807) is 0 Å². The summed E-state index contributed by atoms with van der Waals surface area (Å²) in [6, 6.07) is 11.5. The molecule has 1 aliphatic rings. The van der Waals surface area contributed by atoms with Crippen molar-refractivity contribution in [3.05, 3.63) is 60.0 Å². The number of carbonyl (C=O) groups is 1. The molecule has 4 rings (SSSR count). The first kappa shape index (κ1) is 14.7. The van der Waals surface area contributed by atoms with Gasteiger partial charge in [-0.05, 0) is 31.2 Å². The minimum absolute atomic E-state index is 0.0389. The summed E-state index contributed by atoms with van der Waals surface area (Å²) in [5.74, 6) is 0.550. The van der Waals surface area contributed by atoms with E-state index in [0.29, 0.717) is 24.5 Å². The van der Waals surface area contributed by atoms with Gasteiger partial charge in [-0.25, -0.2) is 0 Å². The molecule has 1 unspecified atom stereocenters. The zero-order valence-corrected chi connectivity index (χ0v) is 13.4.